The summed E-state index contributed by atoms with van der Waals surface area (Å²) in [6.07, 6.45) is 2.06. The van der Waals surface area contributed by atoms with Crippen molar-refractivity contribution in [2.75, 3.05) is 19.0 Å². The van der Waals surface area contributed by atoms with E-state index in [9.17, 15) is 14.4 Å². The van der Waals surface area contributed by atoms with Crippen LogP contribution >= 0.6 is 45.8 Å². The van der Waals surface area contributed by atoms with Crippen molar-refractivity contribution in [1.82, 2.24) is 10.7 Å². The first-order valence-electron chi connectivity index (χ1n) is 10.0. The molecular formula is C22H23Cl2IN4O5. The van der Waals surface area contributed by atoms with Crippen molar-refractivity contribution in [2.45, 2.75) is 26.3 Å². The molecule has 2 aromatic rings. The molecule has 3 N–H and O–H groups in total. The molecule has 0 unspecified atom stereocenters. The summed E-state index contributed by atoms with van der Waals surface area (Å²) in [5.74, 6) is -1.31. The van der Waals surface area contributed by atoms with E-state index in [0.717, 1.165) is 0 Å². The van der Waals surface area contributed by atoms with Crippen molar-refractivity contribution in [1.29, 1.82) is 0 Å². The number of rotatable bonds is 9. The Bertz CT molecular complexity index is 1100. The molecule has 0 aliphatic rings. The topological polar surface area (TPSA) is 118 Å². The van der Waals surface area contributed by atoms with Crippen molar-refractivity contribution in [3.8, 4) is 11.5 Å². The summed E-state index contributed by atoms with van der Waals surface area (Å²) < 4.78 is 11.7. The van der Waals surface area contributed by atoms with Gasteiger partial charge in [-0.05, 0) is 71.8 Å². The van der Waals surface area contributed by atoms with Gasteiger partial charge in [0.15, 0.2) is 18.1 Å². The molecular weight excluding hydrogens is 598 g/mol. The molecule has 0 fully saturated rings. The van der Waals surface area contributed by atoms with E-state index in [1.807, 2.05) is 29.5 Å². The van der Waals surface area contributed by atoms with Crippen LogP contribution in [0.25, 0.3) is 0 Å². The summed E-state index contributed by atoms with van der Waals surface area (Å²) >= 11 is 13.9. The second-order valence-corrected chi connectivity index (χ2v) is 8.96. The van der Waals surface area contributed by atoms with Crippen molar-refractivity contribution in [2.24, 2.45) is 5.10 Å². The number of amides is 3. The van der Waals surface area contributed by atoms with Crippen LogP contribution in [0.15, 0.2) is 35.4 Å². The number of nitrogens with one attached hydrogen (secondary N) is 3. The van der Waals surface area contributed by atoms with Gasteiger partial charge in [0.25, 0.3) is 5.91 Å². The molecule has 34 heavy (non-hydrogen) atoms. The summed E-state index contributed by atoms with van der Waals surface area (Å²) in [7, 11) is 1.45. The monoisotopic (exact) mass is 620 g/mol. The standard InChI is InChI=1S/C22H23Cl2IN4O5/c1-4-12(2)27-21(31)22(32)29-26-10-13-7-17(25)20(18(8-13)33-3)34-11-19(30)28-14-5-6-15(23)16(24)9-14/h5-10,12H,4,11H2,1-3H3,(H,27,31)(H,28,30)(H,29,32)/b26-10-/t12-/m0/s1. The number of anilines is 1. The molecule has 2 rings (SSSR count). The van der Waals surface area contributed by atoms with Gasteiger partial charge in [-0.15, -0.1) is 0 Å². The van der Waals surface area contributed by atoms with E-state index in [-0.39, 0.29) is 12.6 Å². The van der Waals surface area contributed by atoms with Crippen molar-refractivity contribution in [3.63, 3.8) is 0 Å². The molecule has 0 saturated carbocycles. The minimum absolute atomic E-state index is 0.119. The molecule has 0 heterocycles. The van der Waals surface area contributed by atoms with E-state index >= 15 is 0 Å². The number of halogens is 3. The number of carbonyl (C=O) groups is 3. The maximum absolute atomic E-state index is 12.3. The van der Waals surface area contributed by atoms with Gasteiger partial charge in [-0.2, -0.15) is 5.10 Å². The van der Waals surface area contributed by atoms with E-state index in [4.69, 9.17) is 32.7 Å². The van der Waals surface area contributed by atoms with Crippen molar-refractivity contribution in [3.05, 3.63) is 49.5 Å². The van der Waals surface area contributed by atoms with E-state index in [1.165, 1.54) is 19.4 Å². The van der Waals surface area contributed by atoms with Crippen LogP contribution in [0, 0.1) is 3.57 Å². The third kappa shape index (κ3) is 8.33. The Morgan fingerprint density at radius 2 is 1.88 bits per heavy atom. The Hall–Kier alpha value is -2.57. The lowest BCUT2D eigenvalue weighted by Gasteiger charge is -2.13. The number of ether oxygens (including phenoxy) is 2. The molecule has 0 bridgehead atoms. The fraction of sp³-hybridized carbons (Fsp3) is 0.273. The van der Waals surface area contributed by atoms with Crippen LogP contribution in [0.4, 0.5) is 5.69 Å². The Balaban J connectivity index is 2.00. The van der Waals surface area contributed by atoms with Gasteiger partial charge in [0.05, 0.1) is 26.9 Å². The van der Waals surface area contributed by atoms with E-state index in [1.54, 1.807) is 31.2 Å². The van der Waals surface area contributed by atoms with Crippen molar-refractivity contribution >= 4 is 75.4 Å². The van der Waals surface area contributed by atoms with Crippen LogP contribution in [0.1, 0.15) is 25.8 Å². The third-order valence-electron chi connectivity index (χ3n) is 4.38. The minimum Gasteiger partial charge on any atom is -0.493 e. The highest BCUT2D eigenvalue weighted by atomic mass is 127. The highest BCUT2D eigenvalue weighted by molar-refractivity contribution is 14.1. The zero-order valence-corrected chi connectivity index (χ0v) is 22.2. The average molecular weight is 621 g/mol. The van der Waals surface area contributed by atoms with E-state index < -0.39 is 17.7 Å². The minimum atomic E-state index is -0.869. The number of benzene rings is 2. The van der Waals surface area contributed by atoms with Gasteiger partial charge in [-0.3, -0.25) is 14.4 Å². The Morgan fingerprint density at radius 1 is 1.15 bits per heavy atom. The van der Waals surface area contributed by atoms with Crippen LogP contribution in [-0.2, 0) is 14.4 Å². The van der Waals surface area contributed by atoms with Crippen LogP contribution < -0.4 is 25.5 Å². The van der Waals surface area contributed by atoms with Gasteiger partial charge >= 0.3 is 11.8 Å². The van der Waals surface area contributed by atoms with Crippen LogP contribution in [0.3, 0.4) is 0 Å². The smallest absolute Gasteiger partial charge is 0.329 e. The summed E-state index contributed by atoms with van der Waals surface area (Å²) in [4.78, 5) is 35.8. The lowest BCUT2D eigenvalue weighted by atomic mass is 10.2. The average Bonchev–Trinajstić information content (AvgIpc) is 2.80. The van der Waals surface area contributed by atoms with Gasteiger partial charge in [0.2, 0.25) is 0 Å². The largest absolute Gasteiger partial charge is 0.493 e. The number of hydrogen-bond donors (Lipinski definition) is 3. The summed E-state index contributed by atoms with van der Waals surface area (Å²) in [5, 5.41) is 9.73. The maximum Gasteiger partial charge on any atom is 0.329 e. The predicted octanol–water partition coefficient (Wildman–Crippen LogP) is 3.99. The molecule has 2 aromatic carbocycles. The van der Waals surface area contributed by atoms with Gasteiger partial charge < -0.3 is 20.1 Å². The van der Waals surface area contributed by atoms with Crippen LogP contribution in [0.2, 0.25) is 10.0 Å². The lowest BCUT2D eigenvalue weighted by Crippen LogP contribution is -2.41. The number of hydrazone groups is 1. The quantitative estimate of drug-likeness (QED) is 0.170. The van der Waals surface area contributed by atoms with E-state index in [2.05, 4.69) is 21.2 Å². The van der Waals surface area contributed by atoms with Gasteiger partial charge in [-0.25, -0.2) is 5.43 Å². The summed E-state index contributed by atoms with van der Waals surface area (Å²) in [5.41, 5.74) is 3.24. The Morgan fingerprint density at radius 3 is 2.53 bits per heavy atom. The fourth-order valence-corrected chi connectivity index (χ4v) is 3.55. The Labute approximate surface area is 220 Å². The molecule has 0 radical (unpaired) electrons. The SMILES string of the molecule is CC[C@H](C)NC(=O)C(=O)N/N=C\c1cc(I)c(OCC(=O)Nc2ccc(Cl)c(Cl)c2)c(OC)c1. The molecule has 0 aliphatic heterocycles. The number of nitrogens with zero attached hydrogens (tertiary/aromatic N) is 1. The molecule has 9 nitrogen and oxygen atoms in total. The summed E-state index contributed by atoms with van der Waals surface area (Å²) in [6, 6.07) is 7.94. The first kappa shape index (κ1) is 27.7. The zero-order valence-electron chi connectivity index (χ0n) is 18.6. The molecule has 3 amide bonds. The normalized spacial score (nSPS) is 11.6. The van der Waals surface area contributed by atoms with Crippen molar-refractivity contribution < 1.29 is 23.9 Å². The first-order chi connectivity index (χ1) is 16.1. The number of hydrogen-bond acceptors (Lipinski definition) is 6. The summed E-state index contributed by atoms with van der Waals surface area (Å²) in [6.45, 7) is 3.41. The molecule has 0 saturated heterocycles. The van der Waals surface area contributed by atoms with E-state index in [0.29, 0.717) is 42.8 Å². The number of methoxy groups -OCH3 is 1. The second kappa shape index (κ2) is 13.4. The van der Waals surface area contributed by atoms with Gasteiger partial charge in [0, 0.05) is 11.7 Å². The van der Waals surface area contributed by atoms with Gasteiger partial charge in [-0.1, -0.05) is 30.1 Å². The highest BCUT2D eigenvalue weighted by Crippen LogP contribution is 2.33. The highest BCUT2D eigenvalue weighted by Gasteiger charge is 2.16. The lowest BCUT2D eigenvalue weighted by molar-refractivity contribution is -0.139. The number of carbonyl (C=O) groups excluding carboxylic acids is 3. The zero-order chi connectivity index (χ0) is 25.3. The maximum atomic E-state index is 12.3. The molecule has 12 heteroatoms. The fourth-order valence-electron chi connectivity index (χ4n) is 2.47. The molecule has 0 aromatic heterocycles. The third-order valence-corrected chi connectivity index (χ3v) is 5.92. The first-order valence-corrected chi connectivity index (χ1v) is 11.9. The predicted molar refractivity (Wildman–Crippen MR) is 140 cm³/mol. The van der Waals surface area contributed by atoms with Crippen LogP contribution in [-0.4, -0.2) is 43.7 Å². The molecule has 0 spiro atoms. The molecule has 182 valence electrons. The van der Waals surface area contributed by atoms with Gasteiger partial charge in [0.1, 0.15) is 0 Å². The second-order valence-electron chi connectivity index (χ2n) is 6.98. The molecule has 0 aliphatic carbocycles. The Kier molecular flexibility index (Phi) is 10.9. The van der Waals surface area contributed by atoms with Crippen LogP contribution in [0.5, 0.6) is 11.5 Å². The molecule has 1 atom stereocenters.